The van der Waals surface area contributed by atoms with Gasteiger partial charge in [-0.25, -0.2) is 9.59 Å². The second-order valence-corrected chi connectivity index (χ2v) is 18.8. The number of morpholine rings is 2. The zero-order chi connectivity index (χ0) is 49.9. The summed E-state index contributed by atoms with van der Waals surface area (Å²) in [6.45, 7) is 3.81. The molecule has 6 aromatic rings. The van der Waals surface area contributed by atoms with Crippen LogP contribution in [-0.2, 0) is 41.5 Å². The number of benzene rings is 4. The standard InChI is InChI=1S/2C27H26Cl2N2O4/c2*1-2-3-22(27(33)34)31-24(18-4-8-20(28)9-5-18)25(19-6-10-21(29)11-7-19)35-23(26(31)32)16-17-12-14-30-15-13-17/h2*4-15,22-25H,2-3,16H2,1H3,(H,33,34)/t2*22-,23+,24?,25+/m10/s1. The van der Waals surface area contributed by atoms with Gasteiger partial charge in [0.05, 0.1) is 12.1 Å². The maximum Gasteiger partial charge on any atom is 0.326 e. The number of carboxylic acid groups (broad SMARTS) is 2. The van der Waals surface area contributed by atoms with Crippen molar-refractivity contribution in [1.29, 1.82) is 0 Å². The highest BCUT2D eigenvalue weighted by Crippen LogP contribution is 2.46. The summed E-state index contributed by atoms with van der Waals surface area (Å²) in [4.78, 5) is 63.8. The molecule has 16 heteroatoms. The van der Waals surface area contributed by atoms with E-state index in [2.05, 4.69) is 9.97 Å². The Hall–Kier alpha value is -5.86. The first-order valence-corrected chi connectivity index (χ1v) is 24.5. The largest absolute Gasteiger partial charge is 0.480 e. The monoisotopic (exact) mass is 1020 g/mol. The predicted octanol–water partition coefficient (Wildman–Crippen LogP) is 11.8. The first kappa shape index (κ1) is 52.0. The molecule has 2 fully saturated rings. The third kappa shape index (κ3) is 12.5. The van der Waals surface area contributed by atoms with Gasteiger partial charge in [0.25, 0.3) is 11.8 Å². The first-order chi connectivity index (χ1) is 33.8. The van der Waals surface area contributed by atoms with Gasteiger partial charge in [-0.2, -0.15) is 0 Å². The minimum Gasteiger partial charge on any atom is -0.480 e. The van der Waals surface area contributed by atoms with Gasteiger partial charge in [0.15, 0.2) is 0 Å². The number of hydrogen-bond acceptors (Lipinski definition) is 8. The molecule has 8 rings (SSSR count). The van der Waals surface area contributed by atoms with Crippen molar-refractivity contribution in [2.24, 2.45) is 0 Å². The molecule has 2 amide bonds. The SMILES string of the molecule is CCC[C@@H](C(=O)O)N1C(=O)[C@@H](Cc2ccncc2)O[C@H](c2ccc(Cl)cc2)C1c1ccc(Cl)cc1.CCC[C@H](C(=O)O)N1C(=O)[C@H](Cc2ccncc2)O[C@@H](c2ccc(Cl)cc2)C1c1ccc(Cl)cc1. The molecule has 2 unspecified atom stereocenters. The normalized spacial score (nSPS) is 21.1. The van der Waals surface area contributed by atoms with Gasteiger partial charge in [-0.1, -0.05) is 122 Å². The fourth-order valence-electron chi connectivity index (χ4n) is 9.08. The second-order valence-electron chi connectivity index (χ2n) is 17.1. The maximum absolute atomic E-state index is 13.9. The van der Waals surface area contributed by atoms with Crippen LogP contribution in [0.3, 0.4) is 0 Å². The lowest BCUT2D eigenvalue weighted by molar-refractivity contribution is -0.184. The molecule has 12 nitrogen and oxygen atoms in total. The molecule has 2 saturated heterocycles. The van der Waals surface area contributed by atoms with Crippen LogP contribution in [0.4, 0.5) is 0 Å². The van der Waals surface area contributed by atoms with Crippen LogP contribution in [-0.4, -0.2) is 78.0 Å². The Kier molecular flexibility index (Phi) is 18.1. The Bertz CT molecular complexity index is 2500. The average Bonchev–Trinajstić information content (AvgIpc) is 3.35. The average molecular weight is 1030 g/mol. The molecule has 0 bridgehead atoms. The number of halogens is 4. The van der Waals surface area contributed by atoms with Crippen LogP contribution in [0.5, 0.6) is 0 Å². The van der Waals surface area contributed by atoms with E-state index in [4.69, 9.17) is 55.9 Å². The van der Waals surface area contributed by atoms with E-state index in [1.54, 1.807) is 73.3 Å². The highest BCUT2D eigenvalue weighted by Gasteiger charge is 2.50. The van der Waals surface area contributed by atoms with Crippen LogP contribution in [0.2, 0.25) is 20.1 Å². The fourth-order valence-corrected chi connectivity index (χ4v) is 9.58. The molecule has 364 valence electrons. The minimum atomic E-state index is -1.04. The molecule has 0 radical (unpaired) electrons. The van der Waals surface area contributed by atoms with Gasteiger partial charge in [0, 0.05) is 57.7 Å². The Balaban J connectivity index is 0.000000206. The number of hydrogen-bond donors (Lipinski definition) is 2. The van der Waals surface area contributed by atoms with Crippen molar-refractivity contribution >= 4 is 70.2 Å². The zero-order valence-electron chi connectivity index (χ0n) is 38.4. The molecule has 2 aliphatic rings. The lowest BCUT2D eigenvalue weighted by Gasteiger charge is -2.47. The number of rotatable bonds is 16. The highest BCUT2D eigenvalue weighted by molar-refractivity contribution is 6.31. The number of pyridine rings is 2. The number of carbonyl (C=O) groups is 4. The van der Waals surface area contributed by atoms with Crippen LogP contribution < -0.4 is 0 Å². The summed E-state index contributed by atoms with van der Waals surface area (Å²) < 4.78 is 13.0. The summed E-state index contributed by atoms with van der Waals surface area (Å²) >= 11 is 24.6. The fraction of sp³-hybridized carbons (Fsp3) is 0.296. The van der Waals surface area contributed by atoms with E-state index in [0.29, 0.717) is 58.6 Å². The summed E-state index contributed by atoms with van der Waals surface area (Å²) in [5, 5.41) is 22.6. The molecule has 0 saturated carbocycles. The van der Waals surface area contributed by atoms with Gasteiger partial charge >= 0.3 is 11.9 Å². The summed E-state index contributed by atoms with van der Waals surface area (Å²) in [7, 11) is 0. The summed E-state index contributed by atoms with van der Waals surface area (Å²) in [5.41, 5.74) is 4.83. The Morgan fingerprint density at radius 1 is 0.500 bits per heavy atom. The summed E-state index contributed by atoms with van der Waals surface area (Å²) in [6, 6.07) is 32.6. The molecule has 0 spiro atoms. The number of aromatic nitrogens is 2. The van der Waals surface area contributed by atoms with Gasteiger partial charge in [0.2, 0.25) is 0 Å². The second kappa shape index (κ2) is 24.3. The lowest BCUT2D eigenvalue weighted by Crippen LogP contribution is -2.57. The third-order valence-corrected chi connectivity index (χ3v) is 13.4. The quantitative estimate of drug-likeness (QED) is 0.0955. The number of nitrogens with zero attached hydrogens (tertiary/aromatic N) is 4. The molecule has 70 heavy (non-hydrogen) atoms. The van der Waals surface area contributed by atoms with E-state index >= 15 is 0 Å². The molecule has 4 aromatic carbocycles. The molecule has 0 aliphatic carbocycles. The Morgan fingerprint density at radius 3 is 1.06 bits per heavy atom. The maximum atomic E-state index is 13.9. The smallest absolute Gasteiger partial charge is 0.326 e. The van der Waals surface area contributed by atoms with E-state index in [-0.39, 0.29) is 11.8 Å². The van der Waals surface area contributed by atoms with Crippen molar-refractivity contribution in [3.8, 4) is 0 Å². The van der Waals surface area contributed by atoms with Crippen LogP contribution >= 0.6 is 46.4 Å². The van der Waals surface area contributed by atoms with Crippen LogP contribution in [0, 0.1) is 0 Å². The van der Waals surface area contributed by atoms with Gasteiger partial charge in [0.1, 0.15) is 36.5 Å². The van der Waals surface area contributed by atoms with Crippen molar-refractivity contribution in [3.05, 3.63) is 200 Å². The number of carboxylic acids is 2. The van der Waals surface area contributed by atoms with E-state index in [1.165, 1.54) is 9.80 Å². The topological polar surface area (TPSA) is 159 Å². The predicted molar refractivity (Wildman–Crippen MR) is 269 cm³/mol. The van der Waals surface area contributed by atoms with Gasteiger partial charge < -0.3 is 29.5 Å². The highest BCUT2D eigenvalue weighted by atomic mass is 35.5. The number of carbonyl (C=O) groups excluding carboxylic acids is 2. The van der Waals surface area contributed by atoms with Crippen LogP contribution in [0.1, 0.15) is 97.2 Å². The van der Waals surface area contributed by atoms with Gasteiger partial charge in [-0.3, -0.25) is 19.6 Å². The minimum absolute atomic E-state index is 0.299. The summed E-state index contributed by atoms with van der Waals surface area (Å²) in [5.74, 6) is -2.79. The Morgan fingerprint density at radius 2 is 0.786 bits per heavy atom. The van der Waals surface area contributed by atoms with Crippen molar-refractivity contribution < 1.29 is 38.9 Å². The number of ether oxygens (including phenoxy) is 2. The number of amides is 2. The van der Waals surface area contributed by atoms with E-state index in [9.17, 15) is 29.4 Å². The van der Waals surface area contributed by atoms with Gasteiger partial charge in [-0.15, -0.1) is 0 Å². The van der Waals surface area contributed by atoms with Gasteiger partial charge in [-0.05, 0) is 119 Å². The van der Waals surface area contributed by atoms with Crippen molar-refractivity contribution in [3.63, 3.8) is 0 Å². The van der Waals surface area contributed by atoms with E-state index < -0.39 is 60.5 Å². The molecule has 2 N–H and O–H groups in total. The summed E-state index contributed by atoms with van der Waals surface area (Å²) in [6.07, 6.45) is 6.13. The van der Waals surface area contributed by atoms with Crippen LogP contribution in [0.15, 0.2) is 146 Å². The molecule has 2 aliphatic heterocycles. The third-order valence-electron chi connectivity index (χ3n) is 12.4. The molecular weight excluding hydrogens is 974 g/mol. The van der Waals surface area contributed by atoms with Crippen molar-refractivity contribution in [2.45, 2.75) is 101 Å². The molecular formula is C54H52Cl4N4O8. The Labute approximate surface area is 427 Å². The molecule has 2 aromatic heterocycles. The number of aliphatic carboxylic acids is 2. The first-order valence-electron chi connectivity index (χ1n) is 23.0. The molecule has 4 heterocycles. The van der Waals surface area contributed by atoms with Crippen molar-refractivity contribution in [2.75, 3.05) is 0 Å². The zero-order valence-corrected chi connectivity index (χ0v) is 41.4. The lowest BCUT2D eigenvalue weighted by atomic mass is 9.89. The van der Waals surface area contributed by atoms with E-state index in [0.717, 1.165) is 33.4 Å². The molecule has 8 atom stereocenters. The van der Waals surface area contributed by atoms with Crippen LogP contribution in [0.25, 0.3) is 0 Å². The van der Waals surface area contributed by atoms with E-state index in [1.807, 2.05) is 86.6 Å². The van der Waals surface area contributed by atoms with Crippen molar-refractivity contribution in [1.82, 2.24) is 19.8 Å².